The molecular formula is C58H36N4S. The Morgan fingerprint density at radius 3 is 1.46 bits per heavy atom. The van der Waals surface area contributed by atoms with Gasteiger partial charge in [-0.1, -0.05) is 164 Å². The molecule has 3 heterocycles. The zero-order valence-corrected chi connectivity index (χ0v) is 34.8. The molecule has 0 aliphatic heterocycles. The topological polar surface area (TPSA) is 51.6 Å². The Bertz CT molecular complexity index is 3560. The van der Waals surface area contributed by atoms with Crippen molar-refractivity contribution in [2.45, 2.75) is 11.8 Å². The highest BCUT2D eigenvalue weighted by atomic mass is 32.1. The van der Waals surface area contributed by atoms with Crippen LogP contribution in [0.3, 0.4) is 0 Å². The highest BCUT2D eigenvalue weighted by Gasteiger charge is 2.41. The van der Waals surface area contributed by atoms with Gasteiger partial charge in [0.2, 0.25) is 0 Å². The van der Waals surface area contributed by atoms with Gasteiger partial charge in [-0.2, -0.15) is 0 Å². The van der Waals surface area contributed by atoms with Crippen LogP contribution in [0.5, 0.6) is 0 Å². The molecule has 3 aliphatic rings. The lowest BCUT2D eigenvalue weighted by molar-refractivity contribution is 0.755. The number of pyridine rings is 1. The summed E-state index contributed by atoms with van der Waals surface area (Å²) in [6.45, 7) is 0. The van der Waals surface area contributed by atoms with Gasteiger partial charge in [-0.15, -0.1) is 11.3 Å². The second-order valence-electron chi connectivity index (χ2n) is 16.5. The molecule has 2 bridgehead atoms. The van der Waals surface area contributed by atoms with Crippen LogP contribution in [0.4, 0.5) is 0 Å². The van der Waals surface area contributed by atoms with Gasteiger partial charge in [0.1, 0.15) is 0 Å². The van der Waals surface area contributed by atoms with Crippen LogP contribution in [0.1, 0.15) is 45.2 Å². The van der Waals surface area contributed by atoms with E-state index in [-0.39, 0.29) is 11.8 Å². The van der Waals surface area contributed by atoms with Crippen molar-refractivity contribution in [1.29, 1.82) is 0 Å². The second-order valence-corrected chi connectivity index (χ2v) is 17.6. The first-order valence-corrected chi connectivity index (χ1v) is 22.2. The minimum Gasteiger partial charge on any atom is -0.264 e. The Hall–Kier alpha value is -7.86. The van der Waals surface area contributed by atoms with Gasteiger partial charge >= 0.3 is 0 Å². The molecule has 11 aromatic rings. The van der Waals surface area contributed by atoms with Crippen LogP contribution in [0.25, 0.3) is 87.7 Å². The fourth-order valence-corrected chi connectivity index (χ4v) is 11.3. The molecule has 5 heteroatoms. The summed E-state index contributed by atoms with van der Waals surface area (Å²) in [6, 6.07) is 70.2. The smallest absolute Gasteiger partial charge is 0.165 e. The Balaban J connectivity index is 0.860. The Morgan fingerprint density at radius 2 is 0.825 bits per heavy atom. The third-order valence-corrected chi connectivity index (χ3v) is 14.3. The molecule has 0 spiro atoms. The van der Waals surface area contributed by atoms with Crippen molar-refractivity contribution < 1.29 is 0 Å². The van der Waals surface area contributed by atoms with E-state index in [9.17, 15) is 0 Å². The fourth-order valence-electron chi connectivity index (χ4n) is 10.0. The molecule has 0 N–H and O–H groups in total. The maximum absolute atomic E-state index is 5.17. The highest BCUT2D eigenvalue weighted by molar-refractivity contribution is 7.26. The zero-order valence-electron chi connectivity index (χ0n) is 34.0. The molecule has 3 aliphatic carbocycles. The molecule has 0 saturated carbocycles. The zero-order chi connectivity index (χ0) is 41.4. The van der Waals surface area contributed by atoms with Crippen LogP contribution in [-0.2, 0) is 0 Å². The van der Waals surface area contributed by atoms with Crippen molar-refractivity contribution in [2.75, 3.05) is 0 Å². The summed E-state index contributed by atoms with van der Waals surface area (Å²) in [5.74, 6) is 2.34. The van der Waals surface area contributed by atoms with Crippen LogP contribution < -0.4 is 0 Å². The molecule has 0 saturated heterocycles. The Morgan fingerprint density at radius 1 is 0.333 bits per heavy atom. The standard InChI is InChI=1S/C58H36N4S/c1-2-10-38(11-3-1)56-60-57(62-58(61-56)49-17-8-16-48-43-13-6-7-18-52(43)63-55(48)49)39-25-23-36(24-26-39)41-28-30-47-51(33-41)54-45-15-5-4-14-44(45)53(47)50-32-40(27-29-46(50)54)35-19-21-37(22-20-35)42-12-9-31-59-34-42/h1-34,53-54H. The minimum atomic E-state index is 0.169. The molecule has 63 heavy (non-hydrogen) atoms. The number of nitrogens with zero attached hydrogens (tertiary/aromatic N) is 4. The summed E-state index contributed by atoms with van der Waals surface area (Å²) in [5, 5.41) is 2.48. The molecule has 4 nitrogen and oxygen atoms in total. The van der Waals surface area contributed by atoms with E-state index in [4.69, 9.17) is 15.0 Å². The van der Waals surface area contributed by atoms with E-state index in [0.29, 0.717) is 17.5 Å². The van der Waals surface area contributed by atoms with Crippen molar-refractivity contribution >= 4 is 31.5 Å². The molecule has 2 atom stereocenters. The summed E-state index contributed by atoms with van der Waals surface area (Å²) >= 11 is 1.79. The van der Waals surface area contributed by atoms with Gasteiger partial charge in [-0.25, -0.2) is 15.0 Å². The summed E-state index contributed by atoms with van der Waals surface area (Å²) in [5.41, 5.74) is 18.5. The van der Waals surface area contributed by atoms with E-state index in [1.54, 1.807) is 11.3 Å². The number of hydrogen-bond acceptors (Lipinski definition) is 5. The van der Waals surface area contributed by atoms with Gasteiger partial charge in [0, 0.05) is 61.1 Å². The molecule has 0 fully saturated rings. The van der Waals surface area contributed by atoms with Gasteiger partial charge in [0.05, 0.1) is 0 Å². The van der Waals surface area contributed by atoms with Crippen LogP contribution in [0.15, 0.2) is 207 Å². The van der Waals surface area contributed by atoms with Crippen molar-refractivity contribution in [3.05, 3.63) is 240 Å². The maximum atomic E-state index is 5.17. The van der Waals surface area contributed by atoms with Crippen molar-refractivity contribution in [3.63, 3.8) is 0 Å². The maximum Gasteiger partial charge on any atom is 0.165 e. The fraction of sp³-hybridized carbons (Fsp3) is 0.0345. The van der Waals surface area contributed by atoms with Crippen molar-refractivity contribution in [2.24, 2.45) is 0 Å². The first-order valence-electron chi connectivity index (χ1n) is 21.4. The molecule has 294 valence electrons. The van der Waals surface area contributed by atoms with Gasteiger partial charge in [0.15, 0.2) is 17.5 Å². The van der Waals surface area contributed by atoms with Crippen LogP contribution in [0.2, 0.25) is 0 Å². The number of aromatic nitrogens is 4. The average molecular weight is 821 g/mol. The third kappa shape index (κ3) is 5.89. The van der Waals surface area contributed by atoms with E-state index in [0.717, 1.165) is 27.8 Å². The van der Waals surface area contributed by atoms with Crippen molar-refractivity contribution in [3.8, 4) is 67.5 Å². The first-order chi connectivity index (χ1) is 31.2. The van der Waals surface area contributed by atoms with E-state index >= 15 is 0 Å². The molecular weight excluding hydrogens is 785 g/mol. The SMILES string of the molecule is c1ccc(-c2nc(-c3ccc(-c4ccc5c(c4)C4c6ccccc6C5c5cc(-c6ccc(-c7cccnc7)cc6)ccc54)cc3)nc(-c3cccc4c3sc3ccccc34)n2)cc1. The first kappa shape index (κ1) is 35.9. The number of rotatable bonds is 6. The molecule has 2 unspecified atom stereocenters. The normalized spacial score (nSPS) is 14.7. The number of thiophene rings is 1. The largest absolute Gasteiger partial charge is 0.264 e. The lowest BCUT2D eigenvalue weighted by Crippen LogP contribution is -2.27. The lowest BCUT2D eigenvalue weighted by Gasteiger charge is -2.42. The number of benzene rings is 8. The second kappa shape index (κ2) is 14.4. The monoisotopic (exact) mass is 820 g/mol. The van der Waals surface area contributed by atoms with Crippen molar-refractivity contribution in [1.82, 2.24) is 19.9 Å². The predicted octanol–water partition coefficient (Wildman–Crippen LogP) is 14.6. The molecule has 8 aromatic carbocycles. The number of fused-ring (bicyclic) bond motifs is 3. The van der Waals surface area contributed by atoms with E-state index in [1.165, 1.54) is 75.8 Å². The quantitative estimate of drug-likeness (QED) is 0.168. The molecule has 0 radical (unpaired) electrons. The molecule has 0 amide bonds. The summed E-state index contributed by atoms with van der Waals surface area (Å²) in [4.78, 5) is 19.7. The molecule has 3 aromatic heterocycles. The Labute approximate surface area is 368 Å². The van der Waals surface area contributed by atoms with E-state index < -0.39 is 0 Å². The predicted molar refractivity (Wildman–Crippen MR) is 258 cm³/mol. The minimum absolute atomic E-state index is 0.169. The third-order valence-electron chi connectivity index (χ3n) is 13.0. The van der Waals surface area contributed by atoms with Crippen LogP contribution in [-0.4, -0.2) is 19.9 Å². The summed E-state index contributed by atoms with van der Waals surface area (Å²) in [6.07, 6.45) is 3.74. The van der Waals surface area contributed by atoms with E-state index in [1.807, 2.05) is 36.7 Å². The van der Waals surface area contributed by atoms with Gasteiger partial charge in [-0.3, -0.25) is 4.98 Å². The average Bonchev–Trinajstić information content (AvgIpc) is 3.75. The molecule has 14 rings (SSSR count). The van der Waals surface area contributed by atoms with Crippen LogP contribution in [0, 0.1) is 0 Å². The van der Waals surface area contributed by atoms with Crippen LogP contribution >= 0.6 is 11.3 Å². The lowest BCUT2D eigenvalue weighted by atomic mass is 9.60. The summed E-state index contributed by atoms with van der Waals surface area (Å²) < 4.78 is 2.44. The Kier molecular flexibility index (Phi) is 8.18. The van der Waals surface area contributed by atoms with Gasteiger partial charge in [0.25, 0.3) is 0 Å². The highest BCUT2D eigenvalue weighted by Crippen LogP contribution is 2.56. The summed E-state index contributed by atoms with van der Waals surface area (Å²) in [7, 11) is 0. The number of hydrogen-bond donors (Lipinski definition) is 0. The van der Waals surface area contributed by atoms with Gasteiger partial charge < -0.3 is 0 Å². The van der Waals surface area contributed by atoms with Gasteiger partial charge in [-0.05, 0) is 97.1 Å². The van der Waals surface area contributed by atoms with E-state index in [2.05, 4.69) is 175 Å².